The average Bonchev–Trinajstić information content (AvgIpc) is 2.71. The van der Waals surface area contributed by atoms with Crippen molar-refractivity contribution in [3.05, 3.63) is 64.1 Å². The van der Waals surface area contributed by atoms with E-state index in [2.05, 4.69) is 10.6 Å². The van der Waals surface area contributed by atoms with Gasteiger partial charge in [0, 0.05) is 22.1 Å². The zero-order valence-electron chi connectivity index (χ0n) is 15.7. The van der Waals surface area contributed by atoms with Gasteiger partial charge in [-0.2, -0.15) is 0 Å². The van der Waals surface area contributed by atoms with Crippen molar-refractivity contribution in [2.45, 2.75) is 11.3 Å². The lowest BCUT2D eigenvalue weighted by Gasteiger charge is -2.08. The zero-order valence-corrected chi connectivity index (χ0v) is 18.0. The van der Waals surface area contributed by atoms with Crippen LogP contribution in [-0.4, -0.2) is 42.6 Å². The van der Waals surface area contributed by atoms with E-state index in [0.717, 1.165) is 4.90 Å². The number of halogens is 2. The van der Waals surface area contributed by atoms with Gasteiger partial charge in [-0.05, 0) is 30.3 Å². The molecule has 0 unspecified atom stereocenters. The first kappa shape index (κ1) is 23.7. The molecular weight excluding hydrogens is 451 g/mol. The first-order chi connectivity index (χ1) is 14.3. The molecular formula is C20H18Cl2N2O5S. The van der Waals surface area contributed by atoms with Crippen LogP contribution in [0.4, 0.5) is 0 Å². The number of hydrogen-bond donors (Lipinski definition) is 2. The summed E-state index contributed by atoms with van der Waals surface area (Å²) in [5, 5.41) is 4.97. The molecule has 0 saturated heterocycles. The number of esters is 1. The second-order valence-corrected chi connectivity index (χ2v) is 7.86. The van der Waals surface area contributed by atoms with Gasteiger partial charge in [0.1, 0.15) is 6.54 Å². The molecule has 10 heteroatoms. The first-order valence-electron chi connectivity index (χ1n) is 8.74. The predicted molar refractivity (Wildman–Crippen MR) is 115 cm³/mol. The van der Waals surface area contributed by atoms with Crippen LogP contribution >= 0.6 is 35.0 Å². The largest absolute Gasteiger partial charge is 0.454 e. The fourth-order valence-electron chi connectivity index (χ4n) is 2.15. The Labute approximate surface area is 187 Å². The van der Waals surface area contributed by atoms with Gasteiger partial charge in [0.2, 0.25) is 5.91 Å². The van der Waals surface area contributed by atoms with Crippen molar-refractivity contribution < 1.29 is 23.9 Å². The van der Waals surface area contributed by atoms with Gasteiger partial charge in [-0.15, -0.1) is 11.8 Å². The minimum Gasteiger partial charge on any atom is -0.454 e. The van der Waals surface area contributed by atoms with Crippen molar-refractivity contribution in [3.63, 3.8) is 0 Å². The summed E-state index contributed by atoms with van der Waals surface area (Å²) in [5.41, 5.74) is 0.144. The van der Waals surface area contributed by atoms with E-state index in [-0.39, 0.29) is 17.0 Å². The monoisotopic (exact) mass is 468 g/mol. The van der Waals surface area contributed by atoms with Gasteiger partial charge < -0.3 is 10.1 Å². The Morgan fingerprint density at radius 2 is 1.70 bits per heavy atom. The molecule has 0 heterocycles. The van der Waals surface area contributed by atoms with Crippen LogP contribution in [0, 0.1) is 0 Å². The minimum absolute atomic E-state index is 0.136. The number of amides is 3. The van der Waals surface area contributed by atoms with E-state index in [1.807, 2.05) is 30.3 Å². The van der Waals surface area contributed by atoms with Crippen LogP contribution in [0.1, 0.15) is 16.8 Å². The predicted octanol–water partition coefficient (Wildman–Crippen LogP) is 3.09. The molecule has 30 heavy (non-hydrogen) atoms. The van der Waals surface area contributed by atoms with E-state index < -0.39 is 36.8 Å². The highest BCUT2D eigenvalue weighted by Crippen LogP contribution is 2.20. The SMILES string of the molecule is O=C(CCSc1ccccc1)NC(=O)COC(=O)CNC(=O)c1ccc(Cl)cc1Cl. The Kier molecular flexibility index (Phi) is 9.66. The molecule has 0 spiro atoms. The standard InChI is InChI=1S/C20H18Cl2N2O5S/c21-13-6-7-15(16(22)10-13)20(28)23-11-19(27)29-12-18(26)24-17(25)8-9-30-14-4-2-1-3-5-14/h1-7,10H,8-9,11-12H2,(H,23,28)(H,24,25,26). The highest BCUT2D eigenvalue weighted by Gasteiger charge is 2.14. The first-order valence-corrected chi connectivity index (χ1v) is 10.5. The molecule has 0 aromatic heterocycles. The Balaban J connectivity index is 1.63. The molecule has 0 radical (unpaired) electrons. The molecule has 2 rings (SSSR count). The van der Waals surface area contributed by atoms with Crippen LogP contribution in [0.2, 0.25) is 10.0 Å². The van der Waals surface area contributed by atoms with E-state index in [9.17, 15) is 19.2 Å². The summed E-state index contributed by atoms with van der Waals surface area (Å²) < 4.78 is 4.74. The van der Waals surface area contributed by atoms with Gasteiger partial charge in [0.25, 0.3) is 11.8 Å². The fraction of sp³-hybridized carbons (Fsp3) is 0.200. The van der Waals surface area contributed by atoms with Gasteiger partial charge in [-0.3, -0.25) is 24.5 Å². The third-order valence-corrected chi connectivity index (χ3v) is 5.11. The van der Waals surface area contributed by atoms with Gasteiger partial charge in [-0.1, -0.05) is 41.4 Å². The molecule has 2 aromatic rings. The Hall–Kier alpha value is -2.55. The third-order valence-electron chi connectivity index (χ3n) is 3.55. The molecule has 0 bridgehead atoms. The lowest BCUT2D eigenvalue weighted by atomic mass is 10.2. The number of ether oxygens (including phenoxy) is 1. The second kappa shape index (κ2) is 12.2. The molecule has 0 aliphatic carbocycles. The smallest absolute Gasteiger partial charge is 0.325 e. The van der Waals surface area contributed by atoms with Crippen molar-refractivity contribution >= 4 is 58.7 Å². The molecule has 7 nitrogen and oxygen atoms in total. The maximum atomic E-state index is 12.0. The number of nitrogens with one attached hydrogen (secondary N) is 2. The highest BCUT2D eigenvalue weighted by atomic mass is 35.5. The molecule has 0 saturated carbocycles. The van der Waals surface area contributed by atoms with E-state index in [4.69, 9.17) is 27.9 Å². The van der Waals surface area contributed by atoms with Crippen molar-refractivity contribution in [1.82, 2.24) is 10.6 Å². The fourth-order valence-corrected chi connectivity index (χ4v) is 3.52. The average molecular weight is 469 g/mol. The maximum absolute atomic E-state index is 12.0. The van der Waals surface area contributed by atoms with Crippen LogP contribution in [0.3, 0.4) is 0 Å². The van der Waals surface area contributed by atoms with Gasteiger partial charge in [-0.25, -0.2) is 0 Å². The van der Waals surface area contributed by atoms with E-state index in [1.54, 1.807) is 0 Å². The molecule has 3 amide bonds. The number of thioether (sulfide) groups is 1. The van der Waals surface area contributed by atoms with Gasteiger partial charge in [0.15, 0.2) is 6.61 Å². The molecule has 0 aliphatic heterocycles. The van der Waals surface area contributed by atoms with Crippen molar-refractivity contribution in [2.75, 3.05) is 18.9 Å². The second-order valence-electron chi connectivity index (χ2n) is 5.85. The van der Waals surface area contributed by atoms with Crippen LogP contribution in [-0.2, 0) is 19.1 Å². The summed E-state index contributed by atoms with van der Waals surface area (Å²) in [6, 6.07) is 13.8. The number of carbonyl (C=O) groups excluding carboxylic acids is 4. The van der Waals surface area contributed by atoms with Crippen LogP contribution in [0.15, 0.2) is 53.4 Å². The van der Waals surface area contributed by atoms with Crippen LogP contribution in [0.25, 0.3) is 0 Å². The summed E-state index contributed by atoms with van der Waals surface area (Å²) in [5.74, 6) is -2.14. The molecule has 0 fully saturated rings. The van der Waals surface area contributed by atoms with Crippen LogP contribution in [0.5, 0.6) is 0 Å². The summed E-state index contributed by atoms with van der Waals surface area (Å²) in [6.45, 7) is -1.10. The van der Waals surface area contributed by atoms with Crippen LogP contribution < -0.4 is 10.6 Å². The normalized spacial score (nSPS) is 10.2. The summed E-state index contributed by atoms with van der Waals surface area (Å²) >= 11 is 13.2. The van der Waals surface area contributed by atoms with Crippen molar-refractivity contribution in [1.29, 1.82) is 0 Å². The molecule has 158 valence electrons. The number of imide groups is 1. The summed E-state index contributed by atoms with van der Waals surface area (Å²) in [4.78, 5) is 48.1. The lowest BCUT2D eigenvalue weighted by molar-refractivity contribution is -0.148. The Morgan fingerprint density at radius 1 is 0.967 bits per heavy atom. The van der Waals surface area contributed by atoms with Crippen molar-refractivity contribution in [2.24, 2.45) is 0 Å². The third kappa shape index (κ3) is 8.44. The zero-order chi connectivity index (χ0) is 21.9. The van der Waals surface area contributed by atoms with Gasteiger partial charge >= 0.3 is 5.97 Å². The minimum atomic E-state index is -0.837. The Morgan fingerprint density at radius 3 is 2.40 bits per heavy atom. The van der Waals surface area contributed by atoms with E-state index in [0.29, 0.717) is 10.8 Å². The number of rotatable bonds is 9. The van der Waals surface area contributed by atoms with Gasteiger partial charge in [0.05, 0.1) is 10.6 Å². The topological polar surface area (TPSA) is 102 Å². The molecule has 0 atom stereocenters. The highest BCUT2D eigenvalue weighted by molar-refractivity contribution is 7.99. The molecule has 2 N–H and O–H groups in total. The van der Waals surface area contributed by atoms with Crippen molar-refractivity contribution in [3.8, 4) is 0 Å². The number of carbonyl (C=O) groups is 4. The lowest BCUT2D eigenvalue weighted by Crippen LogP contribution is -2.36. The number of benzene rings is 2. The van der Waals surface area contributed by atoms with E-state index >= 15 is 0 Å². The van der Waals surface area contributed by atoms with E-state index in [1.165, 1.54) is 30.0 Å². The summed E-state index contributed by atoms with van der Waals surface area (Å²) in [6.07, 6.45) is 0.136. The number of hydrogen-bond acceptors (Lipinski definition) is 6. The molecule has 2 aromatic carbocycles. The maximum Gasteiger partial charge on any atom is 0.325 e. The molecule has 0 aliphatic rings. The quantitative estimate of drug-likeness (QED) is 0.433. The summed E-state index contributed by atoms with van der Waals surface area (Å²) in [7, 11) is 0. The Bertz CT molecular complexity index is 925.